The molecular weight excluding hydrogens is 294 g/mol. The van der Waals surface area contributed by atoms with Gasteiger partial charge in [-0.2, -0.15) is 0 Å². The predicted molar refractivity (Wildman–Crippen MR) is 83.9 cm³/mol. The van der Waals surface area contributed by atoms with Gasteiger partial charge in [0.05, 0.1) is 0 Å². The molecule has 0 aliphatic carbocycles. The van der Waals surface area contributed by atoms with Crippen LogP contribution in [-0.2, 0) is 11.3 Å². The van der Waals surface area contributed by atoms with Crippen LogP contribution in [0.15, 0.2) is 59.2 Å². The quantitative estimate of drug-likeness (QED) is 0.744. The zero-order valence-electron chi connectivity index (χ0n) is 12.5. The smallest absolute Gasteiger partial charge is 0.342 e. The minimum Gasteiger partial charge on any atom is -0.507 e. The lowest BCUT2D eigenvalue weighted by molar-refractivity contribution is 0.0464. The summed E-state index contributed by atoms with van der Waals surface area (Å²) in [5.74, 6) is -0.240. The summed E-state index contributed by atoms with van der Waals surface area (Å²) in [7, 11) is 0. The summed E-state index contributed by atoms with van der Waals surface area (Å²) in [6.07, 6.45) is 1.45. The molecule has 5 heteroatoms. The van der Waals surface area contributed by atoms with E-state index in [9.17, 15) is 9.90 Å². The number of rotatable bonds is 4. The predicted octanol–water partition coefficient (Wildman–Crippen LogP) is 3.71. The van der Waals surface area contributed by atoms with Crippen LogP contribution in [0.4, 0.5) is 0 Å². The number of oxazole rings is 1. The summed E-state index contributed by atoms with van der Waals surface area (Å²) >= 11 is 0. The minimum absolute atomic E-state index is 0.0252. The largest absolute Gasteiger partial charge is 0.507 e. The number of phenolic OH excluding ortho intramolecular Hbond substituents is 1. The molecule has 0 saturated heterocycles. The topological polar surface area (TPSA) is 72.6 Å². The van der Waals surface area contributed by atoms with E-state index in [1.54, 1.807) is 12.1 Å². The molecule has 0 fully saturated rings. The second kappa shape index (κ2) is 6.36. The lowest BCUT2D eigenvalue weighted by Gasteiger charge is -2.05. The number of aromatic nitrogens is 1. The molecule has 0 radical (unpaired) electrons. The maximum Gasteiger partial charge on any atom is 0.342 e. The molecular formula is C18H15NO4. The van der Waals surface area contributed by atoms with Gasteiger partial charge in [-0.15, -0.1) is 0 Å². The van der Waals surface area contributed by atoms with Crippen molar-refractivity contribution < 1.29 is 19.1 Å². The number of hydrogen-bond acceptors (Lipinski definition) is 5. The first kappa shape index (κ1) is 14.8. The molecule has 1 aromatic heterocycles. The monoisotopic (exact) mass is 309 g/mol. The van der Waals surface area contributed by atoms with Crippen molar-refractivity contribution in [3.8, 4) is 17.2 Å². The molecule has 0 atom stereocenters. The molecule has 5 nitrogen and oxygen atoms in total. The Kier molecular flexibility index (Phi) is 4.10. The van der Waals surface area contributed by atoms with Crippen molar-refractivity contribution >= 4 is 5.97 Å². The summed E-state index contributed by atoms with van der Waals surface area (Å²) in [5.41, 5.74) is 2.35. The van der Waals surface area contributed by atoms with E-state index in [-0.39, 0.29) is 17.9 Å². The number of hydrogen-bond donors (Lipinski definition) is 1. The highest BCUT2D eigenvalue weighted by molar-refractivity contribution is 5.92. The zero-order valence-corrected chi connectivity index (χ0v) is 12.5. The molecule has 0 amide bonds. The number of benzene rings is 2. The Labute approximate surface area is 133 Å². The normalized spacial score (nSPS) is 10.5. The van der Waals surface area contributed by atoms with Crippen LogP contribution in [0.25, 0.3) is 11.5 Å². The first-order valence-corrected chi connectivity index (χ1v) is 7.10. The Morgan fingerprint density at radius 2 is 2.00 bits per heavy atom. The van der Waals surface area contributed by atoms with Crippen molar-refractivity contribution in [1.29, 1.82) is 0 Å². The summed E-state index contributed by atoms with van der Waals surface area (Å²) in [6.45, 7) is 1.81. The zero-order chi connectivity index (χ0) is 16.2. The average Bonchev–Trinajstić information content (AvgIpc) is 3.05. The minimum atomic E-state index is -0.601. The SMILES string of the molecule is Cc1ccc(O)c(C(=O)OCc2coc(-c3ccccc3)n2)c1. The highest BCUT2D eigenvalue weighted by Gasteiger charge is 2.14. The van der Waals surface area contributed by atoms with Crippen LogP contribution in [0.5, 0.6) is 5.75 Å². The Morgan fingerprint density at radius 1 is 1.22 bits per heavy atom. The van der Waals surface area contributed by atoms with Crippen molar-refractivity contribution in [3.63, 3.8) is 0 Å². The van der Waals surface area contributed by atoms with Gasteiger partial charge in [0.2, 0.25) is 5.89 Å². The van der Waals surface area contributed by atoms with Gasteiger partial charge in [-0.05, 0) is 31.2 Å². The van der Waals surface area contributed by atoms with Crippen molar-refractivity contribution in [2.24, 2.45) is 0 Å². The van der Waals surface area contributed by atoms with Crippen molar-refractivity contribution in [2.45, 2.75) is 13.5 Å². The summed E-state index contributed by atoms with van der Waals surface area (Å²) in [5, 5.41) is 9.72. The van der Waals surface area contributed by atoms with Crippen LogP contribution >= 0.6 is 0 Å². The van der Waals surface area contributed by atoms with Gasteiger partial charge in [0.15, 0.2) is 0 Å². The third kappa shape index (κ3) is 3.40. The van der Waals surface area contributed by atoms with Crippen LogP contribution in [0.2, 0.25) is 0 Å². The van der Waals surface area contributed by atoms with Crippen LogP contribution in [0.3, 0.4) is 0 Å². The van der Waals surface area contributed by atoms with Gasteiger partial charge in [-0.1, -0.05) is 29.8 Å². The summed E-state index contributed by atoms with van der Waals surface area (Å²) < 4.78 is 10.6. The number of aryl methyl sites for hydroxylation is 1. The van der Waals surface area contributed by atoms with Gasteiger partial charge in [0, 0.05) is 5.56 Å². The lowest BCUT2D eigenvalue weighted by atomic mass is 10.1. The highest BCUT2D eigenvalue weighted by Crippen LogP contribution is 2.21. The second-order valence-corrected chi connectivity index (χ2v) is 5.11. The Morgan fingerprint density at radius 3 is 2.78 bits per heavy atom. The van der Waals surface area contributed by atoms with Crippen molar-refractivity contribution in [2.75, 3.05) is 0 Å². The average molecular weight is 309 g/mol. The number of esters is 1. The molecule has 0 aliphatic heterocycles. The lowest BCUT2D eigenvalue weighted by Crippen LogP contribution is -2.06. The molecule has 0 unspecified atom stereocenters. The van der Waals surface area contributed by atoms with Gasteiger partial charge in [-0.3, -0.25) is 0 Å². The van der Waals surface area contributed by atoms with E-state index in [0.29, 0.717) is 11.6 Å². The van der Waals surface area contributed by atoms with Gasteiger partial charge in [0.25, 0.3) is 0 Å². The Hall–Kier alpha value is -3.08. The third-order valence-corrected chi connectivity index (χ3v) is 3.30. The Balaban J connectivity index is 1.68. The number of ether oxygens (including phenoxy) is 1. The number of carbonyl (C=O) groups excluding carboxylic acids is 1. The van der Waals surface area contributed by atoms with Gasteiger partial charge < -0.3 is 14.3 Å². The van der Waals surface area contributed by atoms with Crippen LogP contribution in [0.1, 0.15) is 21.6 Å². The van der Waals surface area contributed by atoms with E-state index in [1.807, 2.05) is 37.3 Å². The summed E-state index contributed by atoms with van der Waals surface area (Å²) in [6, 6.07) is 14.2. The first-order valence-electron chi connectivity index (χ1n) is 7.10. The number of carbonyl (C=O) groups is 1. The van der Waals surface area contributed by atoms with Crippen LogP contribution in [0, 0.1) is 6.92 Å². The fraction of sp³-hybridized carbons (Fsp3) is 0.111. The van der Waals surface area contributed by atoms with Crippen LogP contribution < -0.4 is 0 Å². The van der Waals surface area contributed by atoms with Gasteiger partial charge in [0.1, 0.15) is 29.9 Å². The van der Waals surface area contributed by atoms with Crippen molar-refractivity contribution in [3.05, 3.63) is 71.6 Å². The molecule has 3 aromatic rings. The van der Waals surface area contributed by atoms with Gasteiger partial charge in [-0.25, -0.2) is 9.78 Å². The standard InChI is InChI=1S/C18H15NO4/c1-12-7-8-16(20)15(9-12)18(21)23-11-14-10-22-17(19-14)13-5-3-2-4-6-13/h2-10,20H,11H2,1H3. The second-order valence-electron chi connectivity index (χ2n) is 5.11. The molecule has 0 spiro atoms. The molecule has 23 heavy (non-hydrogen) atoms. The van der Waals surface area contributed by atoms with E-state index in [0.717, 1.165) is 11.1 Å². The fourth-order valence-corrected chi connectivity index (χ4v) is 2.12. The molecule has 1 N–H and O–H groups in total. The molecule has 116 valence electrons. The molecule has 1 heterocycles. The van der Waals surface area contributed by atoms with E-state index in [1.165, 1.54) is 12.3 Å². The maximum absolute atomic E-state index is 12.0. The van der Waals surface area contributed by atoms with Crippen LogP contribution in [-0.4, -0.2) is 16.1 Å². The number of aromatic hydroxyl groups is 1. The maximum atomic E-state index is 12.0. The van der Waals surface area contributed by atoms with E-state index in [4.69, 9.17) is 9.15 Å². The number of phenols is 1. The number of nitrogens with zero attached hydrogens (tertiary/aromatic N) is 1. The van der Waals surface area contributed by atoms with Crippen molar-refractivity contribution in [1.82, 2.24) is 4.98 Å². The molecule has 0 bridgehead atoms. The molecule has 0 saturated carbocycles. The first-order chi connectivity index (χ1) is 11.1. The van der Waals surface area contributed by atoms with Gasteiger partial charge >= 0.3 is 5.97 Å². The highest BCUT2D eigenvalue weighted by atomic mass is 16.5. The fourth-order valence-electron chi connectivity index (χ4n) is 2.12. The van der Waals surface area contributed by atoms with E-state index >= 15 is 0 Å². The van der Waals surface area contributed by atoms with E-state index in [2.05, 4.69) is 4.98 Å². The Bertz CT molecular complexity index is 824. The van der Waals surface area contributed by atoms with E-state index < -0.39 is 5.97 Å². The third-order valence-electron chi connectivity index (χ3n) is 3.30. The molecule has 0 aliphatic rings. The molecule has 2 aromatic carbocycles. The molecule has 3 rings (SSSR count). The summed E-state index contributed by atoms with van der Waals surface area (Å²) in [4.78, 5) is 16.3.